The van der Waals surface area contributed by atoms with E-state index in [-0.39, 0.29) is 17.9 Å². The molecule has 1 amide bonds. The Morgan fingerprint density at radius 2 is 2.05 bits per heavy atom. The number of carbonyl (C=O) groups excluding carboxylic acids is 1. The fourth-order valence-corrected chi connectivity index (χ4v) is 2.70. The second-order valence-corrected chi connectivity index (χ2v) is 5.85. The minimum atomic E-state index is -0.113. The molecule has 2 unspecified atom stereocenters. The van der Waals surface area contributed by atoms with Crippen LogP contribution in [0, 0.1) is 5.92 Å². The maximum Gasteiger partial charge on any atom is 0.226 e. The summed E-state index contributed by atoms with van der Waals surface area (Å²) in [5.41, 5.74) is 1.10. The van der Waals surface area contributed by atoms with Gasteiger partial charge in [0.2, 0.25) is 5.91 Å². The topological polar surface area (TPSA) is 50.4 Å². The van der Waals surface area contributed by atoms with Crippen LogP contribution in [0.25, 0.3) is 0 Å². The molecule has 4 heteroatoms. The number of ether oxygens (including phenoxy) is 1. The van der Waals surface area contributed by atoms with Gasteiger partial charge in [-0.1, -0.05) is 44.2 Å². The van der Waals surface area contributed by atoms with Crippen LogP contribution in [-0.4, -0.2) is 31.6 Å². The van der Waals surface area contributed by atoms with Crippen LogP contribution < -0.4 is 10.6 Å². The lowest BCUT2D eigenvalue weighted by Crippen LogP contribution is -2.41. The highest BCUT2D eigenvalue weighted by Crippen LogP contribution is 2.33. The van der Waals surface area contributed by atoms with E-state index in [0.29, 0.717) is 12.6 Å². The minimum absolute atomic E-state index is 0.0831. The first-order valence-electron chi connectivity index (χ1n) is 7.86. The Hall–Kier alpha value is -1.39. The van der Waals surface area contributed by atoms with Gasteiger partial charge in [0.1, 0.15) is 0 Å². The van der Waals surface area contributed by atoms with E-state index in [1.54, 1.807) is 0 Å². The molecule has 1 aliphatic heterocycles. The van der Waals surface area contributed by atoms with E-state index in [1.165, 1.54) is 0 Å². The molecular formula is C17H26N2O2. The van der Waals surface area contributed by atoms with Crippen LogP contribution in [-0.2, 0) is 9.53 Å². The van der Waals surface area contributed by atoms with Crippen molar-refractivity contribution in [3.63, 3.8) is 0 Å². The van der Waals surface area contributed by atoms with Gasteiger partial charge in [-0.05, 0) is 18.4 Å². The summed E-state index contributed by atoms with van der Waals surface area (Å²) in [4.78, 5) is 12.4. The predicted octanol–water partition coefficient (Wildman–Crippen LogP) is 2.27. The van der Waals surface area contributed by atoms with Gasteiger partial charge < -0.3 is 15.4 Å². The van der Waals surface area contributed by atoms with Crippen LogP contribution in [0.15, 0.2) is 30.3 Å². The largest absolute Gasteiger partial charge is 0.373 e. The van der Waals surface area contributed by atoms with Gasteiger partial charge in [-0.15, -0.1) is 0 Å². The molecule has 0 radical (unpaired) electrons. The Kier molecular flexibility index (Phi) is 6.21. The van der Waals surface area contributed by atoms with Crippen molar-refractivity contribution < 1.29 is 9.53 Å². The maximum absolute atomic E-state index is 12.4. The van der Waals surface area contributed by atoms with E-state index in [9.17, 15) is 4.79 Å². The molecule has 21 heavy (non-hydrogen) atoms. The maximum atomic E-state index is 12.4. The fourth-order valence-electron chi connectivity index (χ4n) is 2.70. The molecule has 1 fully saturated rings. The van der Waals surface area contributed by atoms with Crippen molar-refractivity contribution in [3.8, 4) is 0 Å². The van der Waals surface area contributed by atoms with E-state index in [2.05, 4.69) is 24.5 Å². The van der Waals surface area contributed by atoms with E-state index < -0.39 is 0 Å². The Morgan fingerprint density at radius 3 is 2.76 bits per heavy atom. The summed E-state index contributed by atoms with van der Waals surface area (Å²) in [6.07, 6.45) is 1.73. The van der Waals surface area contributed by atoms with E-state index in [0.717, 1.165) is 31.6 Å². The summed E-state index contributed by atoms with van der Waals surface area (Å²) < 4.78 is 5.87. The number of hydrogen-bond acceptors (Lipinski definition) is 3. The van der Waals surface area contributed by atoms with Gasteiger partial charge in [-0.2, -0.15) is 0 Å². The van der Waals surface area contributed by atoms with Crippen LogP contribution in [0.1, 0.15) is 38.4 Å². The van der Waals surface area contributed by atoms with Gasteiger partial charge >= 0.3 is 0 Å². The van der Waals surface area contributed by atoms with Gasteiger partial charge in [-0.3, -0.25) is 4.79 Å². The van der Waals surface area contributed by atoms with Crippen molar-refractivity contribution in [2.75, 3.05) is 19.7 Å². The van der Waals surface area contributed by atoms with Crippen molar-refractivity contribution in [1.82, 2.24) is 10.6 Å². The number of benzene rings is 1. The van der Waals surface area contributed by atoms with Gasteiger partial charge in [0.15, 0.2) is 0 Å². The highest BCUT2D eigenvalue weighted by molar-refractivity contribution is 5.79. The van der Waals surface area contributed by atoms with Crippen LogP contribution in [0.5, 0.6) is 0 Å². The zero-order valence-corrected chi connectivity index (χ0v) is 13.0. The smallest absolute Gasteiger partial charge is 0.226 e. The van der Waals surface area contributed by atoms with Crippen molar-refractivity contribution in [2.45, 2.75) is 38.8 Å². The highest BCUT2D eigenvalue weighted by Gasteiger charge is 2.32. The van der Waals surface area contributed by atoms with Gasteiger partial charge in [0.25, 0.3) is 0 Å². The molecule has 1 saturated heterocycles. The third-order valence-corrected chi connectivity index (χ3v) is 3.76. The summed E-state index contributed by atoms with van der Waals surface area (Å²) in [5, 5.41) is 6.33. The average molecular weight is 290 g/mol. The quantitative estimate of drug-likeness (QED) is 0.790. The average Bonchev–Trinajstić information content (AvgIpc) is 2.52. The molecule has 4 nitrogen and oxygen atoms in total. The highest BCUT2D eigenvalue weighted by atomic mass is 16.5. The van der Waals surface area contributed by atoms with Gasteiger partial charge in [-0.25, -0.2) is 0 Å². The monoisotopic (exact) mass is 290 g/mol. The lowest BCUT2D eigenvalue weighted by Gasteiger charge is -2.31. The Labute approximate surface area is 127 Å². The minimum Gasteiger partial charge on any atom is -0.373 e. The number of nitrogens with one attached hydrogen (secondary N) is 2. The van der Waals surface area contributed by atoms with E-state index >= 15 is 0 Å². The molecule has 2 rings (SSSR count). The van der Waals surface area contributed by atoms with Gasteiger partial charge in [0.05, 0.1) is 12.0 Å². The third kappa shape index (κ3) is 4.83. The van der Waals surface area contributed by atoms with Crippen LogP contribution in [0.2, 0.25) is 0 Å². The lowest BCUT2D eigenvalue weighted by molar-refractivity contribution is -0.134. The Morgan fingerprint density at radius 1 is 1.29 bits per heavy atom. The summed E-state index contributed by atoms with van der Waals surface area (Å²) in [5.74, 6) is 0.0225. The first-order valence-corrected chi connectivity index (χ1v) is 7.86. The third-order valence-electron chi connectivity index (χ3n) is 3.76. The van der Waals surface area contributed by atoms with Crippen LogP contribution in [0.4, 0.5) is 0 Å². The Bertz CT molecular complexity index is 434. The lowest BCUT2D eigenvalue weighted by atomic mass is 9.89. The fraction of sp³-hybridized carbons (Fsp3) is 0.588. The number of carbonyl (C=O) groups is 1. The number of rotatable bonds is 6. The molecule has 1 aromatic rings. The molecule has 1 aromatic carbocycles. The molecule has 0 aromatic heterocycles. The molecule has 0 spiro atoms. The molecular weight excluding hydrogens is 264 g/mol. The summed E-state index contributed by atoms with van der Waals surface area (Å²) in [6, 6.07) is 10.5. The zero-order valence-electron chi connectivity index (χ0n) is 13.0. The summed E-state index contributed by atoms with van der Waals surface area (Å²) in [6.45, 7) is 6.39. The second kappa shape index (κ2) is 8.15. The standard InChI is InChI=1S/C17H26N2O2/c1-13(2)18-10-11-19-17(20)15-9-6-12-21-16(15)14-7-4-3-5-8-14/h3-5,7-8,13,15-16,18H,6,9-12H2,1-2H3,(H,19,20). The van der Waals surface area contributed by atoms with Crippen molar-refractivity contribution >= 4 is 5.91 Å². The zero-order chi connectivity index (χ0) is 15.1. The number of amides is 1. The van der Waals surface area contributed by atoms with Crippen LogP contribution >= 0.6 is 0 Å². The molecule has 2 N–H and O–H groups in total. The van der Waals surface area contributed by atoms with Crippen molar-refractivity contribution in [3.05, 3.63) is 35.9 Å². The normalized spacial score (nSPS) is 22.2. The van der Waals surface area contributed by atoms with E-state index in [1.807, 2.05) is 30.3 Å². The van der Waals surface area contributed by atoms with Gasteiger partial charge in [0, 0.05) is 25.7 Å². The van der Waals surface area contributed by atoms with Crippen molar-refractivity contribution in [2.24, 2.45) is 5.92 Å². The molecule has 0 aliphatic carbocycles. The predicted molar refractivity (Wildman–Crippen MR) is 84.0 cm³/mol. The van der Waals surface area contributed by atoms with Crippen LogP contribution in [0.3, 0.4) is 0 Å². The Balaban J connectivity index is 1.91. The molecule has 0 saturated carbocycles. The first-order chi connectivity index (χ1) is 10.2. The second-order valence-electron chi connectivity index (χ2n) is 5.85. The van der Waals surface area contributed by atoms with Crippen molar-refractivity contribution in [1.29, 1.82) is 0 Å². The SMILES string of the molecule is CC(C)NCCNC(=O)C1CCCOC1c1ccccc1. The molecule has 0 bridgehead atoms. The number of hydrogen-bond donors (Lipinski definition) is 2. The molecule has 1 heterocycles. The molecule has 116 valence electrons. The van der Waals surface area contributed by atoms with E-state index in [4.69, 9.17) is 4.74 Å². The molecule has 1 aliphatic rings. The first kappa shape index (κ1) is 16.0. The summed E-state index contributed by atoms with van der Waals surface area (Å²) >= 11 is 0. The molecule has 2 atom stereocenters. The summed E-state index contributed by atoms with van der Waals surface area (Å²) in [7, 11) is 0.